The molecule has 0 heterocycles. The van der Waals surface area contributed by atoms with Gasteiger partial charge in [0.15, 0.2) is 0 Å². The molecule has 2 unspecified atom stereocenters. The average molecular weight is 700 g/mol. The lowest BCUT2D eigenvalue weighted by Gasteiger charge is -2.19. The highest BCUT2D eigenvalue weighted by atomic mass is 16.3. The zero-order valence-corrected chi connectivity index (χ0v) is 33.4. The smallest absolute Gasteiger partial charge is 0.220 e. The first-order valence-electron chi connectivity index (χ1n) is 21.8. The minimum absolute atomic E-state index is 0.0803. The van der Waals surface area contributed by atoms with Gasteiger partial charge in [-0.2, -0.15) is 0 Å². The van der Waals surface area contributed by atoms with E-state index in [0.717, 1.165) is 38.5 Å². The second-order valence-corrected chi connectivity index (χ2v) is 14.8. The monoisotopic (exact) mass is 700 g/mol. The van der Waals surface area contributed by atoms with Gasteiger partial charge in [-0.25, -0.2) is 0 Å². The van der Waals surface area contributed by atoms with E-state index in [-0.39, 0.29) is 12.5 Å². The summed E-state index contributed by atoms with van der Waals surface area (Å²) in [4.78, 5) is 12.3. The number of hydrogen-bond donors (Lipinski definition) is 3. The van der Waals surface area contributed by atoms with E-state index >= 15 is 0 Å². The Kier molecular flexibility index (Phi) is 40.4. The molecule has 0 aliphatic heterocycles. The summed E-state index contributed by atoms with van der Waals surface area (Å²) >= 11 is 0. The van der Waals surface area contributed by atoms with E-state index < -0.39 is 12.1 Å². The van der Waals surface area contributed by atoms with Crippen LogP contribution in [0.1, 0.15) is 219 Å². The van der Waals surface area contributed by atoms with E-state index in [0.29, 0.717) is 6.42 Å². The first-order valence-corrected chi connectivity index (χ1v) is 21.8. The summed E-state index contributed by atoms with van der Waals surface area (Å²) in [6.07, 6.45) is 56.9. The predicted octanol–water partition coefficient (Wildman–Crippen LogP) is 13.6. The van der Waals surface area contributed by atoms with Crippen molar-refractivity contribution in [1.29, 1.82) is 0 Å². The summed E-state index contributed by atoms with van der Waals surface area (Å²) in [7, 11) is 0. The van der Waals surface area contributed by atoms with Crippen molar-refractivity contribution in [3.05, 3.63) is 48.6 Å². The van der Waals surface area contributed by atoms with Crippen molar-refractivity contribution in [2.24, 2.45) is 0 Å². The molecule has 0 aliphatic carbocycles. The van der Waals surface area contributed by atoms with Gasteiger partial charge in [0.05, 0.1) is 18.8 Å². The molecular weight excluding hydrogens is 615 g/mol. The van der Waals surface area contributed by atoms with Crippen molar-refractivity contribution in [1.82, 2.24) is 5.32 Å². The van der Waals surface area contributed by atoms with Crippen LogP contribution in [0.25, 0.3) is 0 Å². The first kappa shape index (κ1) is 48.3. The molecule has 0 radical (unpaired) electrons. The molecule has 0 aliphatic rings. The highest BCUT2D eigenvalue weighted by Gasteiger charge is 2.17. The summed E-state index contributed by atoms with van der Waals surface area (Å²) in [5, 5.41) is 22.8. The van der Waals surface area contributed by atoms with Crippen molar-refractivity contribution >= 4 is 5.91 Å². The molecule has 50 heavy (non-hydrogen) atoms. The maximum atomic E-state index is 12.3. The molecular formula is C46H85NO3. The van der Waals surface area contributed by atoms with Crippen molar-refractivity contribution in [3.8, 4) is 0 Å². The molecule has 0 fully saturated rings. The number of amides is 1. The van der Waals surface area contributed by atoms with Gasteiger partial charge in [-0.1, -0.05) is 197 Å². The van der Waals surface area contributed by atoms with Crippen LogP contribution in [-0.4, -0.2) is 34.9 Å². The van der Waals surface area contributed by atoms with E-state index in [2.05, 4.69) is 48.7 Å². The Hall–Kier alpha value is -1.65. The van der Waals surface area contributed by atoms with Crippen LogP contribution in [0.15, 0.2) is 48.6 Å². The number of allylic oxidation sites excluding steroid dienone is 7. The maximum Gasteiger partial charge on any atom is 0.220 e. The van der Waals surface area contributed by atoms with E-state index in [4.69, 9.17) is 0 Å². The minimum atomic E-state index is -0.866. The fraction of sp³-hybridized carbons (Fsp3) is 0.804. The van der Waals surface area contributed by atoms with Gasteiger partial charge in [-0.3, -0.25) is 4.79 Å². The number of carbonyl (C=O) groups excluding carboxylic acids is 1. The number of hydrogen-bond acceptors (Lipinski definition) is 3. The standard InChI is InChI=1S/C46H85NO3/c1-3-5-7-9-11-13-14-15-16-17-18-19-20-21-22-23-24-25-26-27-28-29-30-31-32-34-36-38-40-42-46(50)47-44(43-48)45(49)41-39-37-35-33-12-10-8-6-4-2/h4,6,12,17-18,33,39,41,44-45,48-49H,3,5,7-11,13-16,19-32,34-38,40,42-43H2,1-2H3,(H,47,50)/b6-4+,18-17-,33-12+,41-39+. The quantitative estimate of drug-likeness (QED) is 0.0442. The van der Waals surface area contributed by atoms with E-state index in [1.54, 1.807) is 6.08 Å². The molecule has 0 rings (SSSR count). The van der Waals surface area contributed by atoms with Crippen LogP contribution in [-0.2, 0) is 4.79 Å². The summed E-state index contributed by atoms with van der Waals surface area (Å²) in [5.41, 5.74) is 0. The lowest BCUT2D eigenvalue weighted by Crippen LogP contribution is -2.45. The molecule has 0 aromatic rings. The Morgan fingerprint density at radius 1 is 0.500 bits per heavy atom. The zero-order valence-electron chi connectivity index (χ0n) is 33.4. The number of nitrogens with one attached hydrogen (secondary N) is 1. The summed E-state index contributed by atoms with van der Waals surface area (Å²) in [6.45, 7) is 4.06. The molecule has 1 amide bonds. The van der Waals surface area contributed by atoms with Gasteiger partial charge in [-0.15, -0.1) is 0 Å². The van der Waals surface area contributed by atoms with Crippen molar-refractivity contribution in [3.63, 3.8) is 0 Å². The number of aliphatic hydroxyl groups excluding tert-OH is 2. The highest BCUT2D eigenvalue weighted by Crippen LogP contribution is 2.15. The molecule has 0 bridgehead atoms. The summed E-state index contributed by atoms with van der Waals surface area (Å²) in [5.74, 6) is -0.0803. The van der Waals surface area contributed by atoms with E-state index in [1.165, 1.54) is 161 Å². The van der Waals surface area contributed by atoms with Crippen LogP contribution in [0.5, 0.6) is 0 Å². The zero-order chi connectivity index (χ0) is 36.4. The molecule has 3 N–H and O–H groups in total. The number of unbranched alkanes of at least 4 members (excludes halogenated alkanes) is 27. The Morgan fingerprint density at radius 2 is 0.860 bits per heavy atom. The van der Waals surface area contributed by atoms with Crippen LogP contribution in [0.4, 0.5) is 0 Å². The summed E-state index contributed by atoms with van der Waals surface area (Å²) < 4.78 is 0. The van der Waals surface area contributed by atoms with Crippen LogP contribution >= 0.6 is 0 Å². The van der Waals surface area contributed by atoms with Gasteiger partial charge >= 0.3 is 0 Å². The fourth-order valence-corrected chi connectivity index (χ4v) is 6.51. The molecule has 0 spiro atoms. The highest BCUT2D eigenvalue weighted by molar-refractivity contribution is 5.76. The molecule has 4 nitrogen and oxygen atoms in total. The van der Waals surface area contributed by atoms with E-state index in [1.807, 2.05) is 13.0 Å². The Labute approximate surface area is 312 Å². The molecule has 2 atom stereocenters. The normalized spacial score (nSPS) is 13.4. The van der Waals surface area contributed by atoms with E-state index in [9.17, 15) is 15.0 Å². The third-order valence-corrected chi connectivity index (χ3v) is 9.86. The molecule has 0 aromatic heterocycles. The number of carbonyl (C=O) groups is 1. The molecule has 292 valence electrons. The predicted molar refractivity (Wildman–Crippen MR) is 221 cm³/mol. The number of aliphatic hydroxyl groups is 2. The lowest BCUT2D eigenvalue weighted by molar-refractivity contribution is -0.123. The Balaban J connectivity index is 3.44. The molecule has 0 saturated heterocycles. The van der Waals surface area contributed by atoms with Crippen molar-refractivity contribution in [2.75, 3.05) is 6.61 Å². The minimum Gasteiger partial charge on any atom is -0.394 e. The third kappa shape index (κ3) is 37.6. The van der Waals surface area contributed by atoms with Gasteiger partial charge in [0, 0.05) is 6.42 Å². The maximum absolute atomic E-state index is 12.3. The van der Waals surface area contributed by atoms with Crippen molar-refractivity contribution in [2.45, 2.75) is 231 Å². The van der Waals surface area contributed by atoms with Crippen LogP contribution in [0.3, 0.4) is 0 Å². The van der Waals surface area contributed by atoms with Gasteiger partial charge in [0.1, 0.15) is 0 Å². The fourth-order valence-electron chi connectivity index (χ4n) is 6.51. The molecule has 0 saturated carbocycles. The Bertz CT molecular complexity index is 801. The second kappa shape index (κ2) is 41.8. The summed E-state index contributed by atoms with van der Waals surface area (Å²) in [6, 6.07) is -0.642. The van der Waals surface area contributed by atoms with Gasteiger partial charge < -0.3 is 15.5 Å². The Morgan fingerprint density at radius 3 is 1.28 bits per heavy atom. The third-order valence-electron chi connectivity index (χ3n) is 9.86. The van der Waals surface area contributed by atoms with Crippen LogP contribution < -0.4 is 5.32 Å². The van der Waals surface area contributed by atoms with Crippen molar-refractivity contribution < 1.29 is 15.0 Å². The van der Waals surface area contributed by atoms with Gasteiger partial charge in [0.25, 0.3) is 0 Å². The van der Waals surface area contributed by atoms with Crippen LogP contribution in [0.2, 0.25) is 0 Å². The molecule has 0 aromatic carbocycles. The lowest BCUT2D eigenvalue weighted by atomic mass is 10.0. The SMILES string of the molecule is C/C=C/CC/C=C/CC/C=C/C(O)C(CO)NC(=O)CCCCCCCCCCCCCCCCCCC/C=C\CCCCCCCCCC. The van der Waals surface area contributed by atoms with Gasteiger partial charge in [-0.05, 0) is 64.7 Å². The van der Waals surface area contributed by atoms with Crippen LogP contribution in [0, 0.1) is 0 Å². The average Bonchev–Trinajstić information content (AvgIpc) is 3.12. The largest absolute Gasteiger partial charge is 0.394 e. The number of rotatable bonds is 39. The second-order valence-electron chi connectivity index (χ2n) is 14.8. The molecule has 4 heteroatoms. The van der Waals surface area contributed by atoms with Gasteiger partial charge in [0.2, 0.25) is 5.91 Å². The first-order chi connectivity index (χ1) is 24.7. The topological polar surface area (TPSA) is 69.6 Å².